The van der Waals surface area contributed by atoms with Crippen molar-refractivity contribution in [2.24, 2.45) is 10.9 Å². The second-order valence-corrected chi connectivity index (χ2v) is 6.84. The molecule has 0 fully saturated rings. The maximum absolute atomic E-state index is 11.7. The van der Waals surface area contributed by atoms with Gasteiger partial charge in [-0.2, -0.15) is 0 Å². The Kier molecular flexibility index (Phi) is 5.71. The zero-order valence-electron chi connectivity index (χ0n) is 15.6. The van der Waals surface area contributed by atoms with Crippen molar-refractivity contribution in [2.75, 3.05) is 0 Å². The van der Waals surface area contributed by atoms with Crippen LogP contribution in [0.15, 0.2) is 65.7 Å². The molecule has 4 heteroatoms. The van der Waals surface area contributed by atoms with Gasteiger partial charge in [-0.05, 0) is 17.0 Å². The van der Waals surface area contributed by atoms with Crippen LogP contribution in [0.1, 0.15) is 50.5 Å². The van der Waals surface area contributed by atoms with Crippen LogP contribution in [0.3, 0.4) is 0 Å². The molecule has 1 heterocycles. The van der Waals surface area contributed by atoms with Crippen molar-refractivity contribution in [1.82, 2.24) is 5.32 Å². The smallest absolute Gasteiger partial charge is 0.217 e. The Morgan fingerprint density at radius 2 is 1.65 bits per heavy atom. The van der Waals surface area contributed by atoms with Crippen LogP contribution in [0.5, 0.6) is 0 Å². The van der Waals surface area contributed by atoms with E-state index in [0.29, 0.717) is 5.90 Å². The summed E-state index contributed by atoms with van der Waals surface area (Å²) in [4.78, 5) is 16.6. The maximum Gasteiger partial charge on any atom is 0.217 e. The second-order valence-electron chi connectivity index (χ2n) is 6.84. The predicted octanol–water partition coefficient (Wildman–Crippen LogP) is 4.45. The molecule has 1 N–H and O–H groups in total. The van der Waals surface area contributed by atoms with Crippen LogP contribution in [0.4, 0.5) is 0 Å². The SMILES string of the molecule is CC[C@H](C)[C@H](NC(C)=O)C1=N[C@@H](c2ccccc2)C(c2ccccc2)O1. The van der Waals surface area contributed by atoms with Gasteiger partial charge in [0.25, 0.3) is 0 Å². The monoisotopic (exact) mass is 350 g/mol. The highest BCUT2D eigenvalue weighted by atomic mass is 16.5. The van der Waals surface area contributed by atoms with E-state index in [1.807, 2.05) is 36.4 Å². The van der Waals surface area contributed by atoms with Gasteiger partial charge in [-0.15, -0.1) is 0 Å². The van der Waals surface area contributed by atoms with E-state index in [-0.39, 0.29) is 30.0 Å². The first-order valence-corrected chi connectivity index (χ1v) is 9.21. The number of carbonyl (C=O) groups is 1. The summed E-state index contributed by atoms with van der Waals surface area (Å²) in [6.45, 7) is 5.76. The average molecular weight is 350 g/mol. The van der Waals surface area contributed by atoms with Gasteiger partial charge in [0.05, 0.1) is 0 Å². The van der Waals surface area contributed by atoms with Crippen LogP contribution in [0, 0.1) is 5.92 Å². The number of rotatable bonds is 6. The number of hydrogen-bond acceptors (Lipinski definition) is 3. The molecule has 0 saturated heterocycles. The standard InChI is InChI=1S/C22H26N2O2/c1-4-15(2)19(23-16(3)25)22-24-20(17-11-7-5-8-12-17)21(26-22)18-13-9-6-10-14-18/h5-15,19-21H,4H2,1-3H3,(H,23,25)/t15-,19-,20-,21?/m0/s1. The predicted molar refractivity (Wildman–Crippen MR) is 104 cm³/mol. The molecule has 2 aromatic rings. The Balaban J connectivity index is 1.97. The van der Waals surface area contributed by atoms with Crippen LogP contribution in [-0.2, 0) is 9.53 Å². The van der Waals surface area contributed by atoms with Crippen molar-refractivity contribution < 1.29 is 9.53 Å². The van der Waals surface area contributed by atoms with E-state index < -0.39 is 0 Å². The van der Waals surface area contributed by atoms with Gasteiger partial charge in [0.2, 0.25) is 11.8 Å². The fourth-order valence-electron chi connectivity index (χ4n) is 3.28. The lowest BCUT2D eigenvalue weighted by molar-refractivity contribution is -0.119. The van der Waals surface area contributed by atoms with Gasteiger partial charge in [-0.1, -0.05) is 80.9 Å². The van der Waals surface area contributed by atoms with Gasteiger partial charge in [0.15, 0.2) is 6.10 Å². The first-order valence-electron chi connectivity index (χ1n) is 9.21. The van der Waals surface area contributed by atoms with Crippen molar-refractivity contribution in [3.63, 3.8) is 0 Å². The van der Waals surface area contributed by atoms with E-state index in [0.717, 1.165) is 17.5 Å². The van der Waals surface area contributed by atoms with Crippen LogP contribution in [0.25, 0.3) is 0 Å². The molecule has 0 aromatic heterocycles. The summed E-state index contributed by atoms with van der Waals surface area (Å²) in [6.07, 6.45) is 0.744. The lowest BCUT2D eigenvalue weighted by Gasteiger charge is -2.24. The molecule has 0 radical (unpaired) electrons. The molecular formula is C22H26N2O2. The Bertz CT molecular complexity index is 758. The number of nitrogens with zero attached hydrogens (tertiary/aromatic N) is 1. The minimum atomic E-state index is -0.211. The third-order valence-electron chi connectivity index (χ3n) is 4.91. The zero-order valence-corrected chi connectivity index (χ0v) is 15.6. The minimum Gasteiger partial charge on any atom is -0.469 e. The molecule has 1 aliphatic heterocycles. The molecule has 1 amide bonds. The zero-order chi connectivity index (χ0) is 18.5. The number of ether oxygens (including phenoxy) is 1. The quantitative estimate of drug-likeness (QED) is 0.837. The fraction of sp³-hybridized carbons (Fsp3) is 0.364. The highest BCUT2D eigenvalue weighted by Gasteiger charge is 2.38. The molecular weight excluding hydrogens is 324 g/mol. The second kappa shape index (κ2) is 8.17. The van der Waals surface area contributed by atoms with Gasteiger partial charge in [0, 0.05) is 6.92 Å². The Hall–Kier alpha value is -2.62. The van der Waals surface area contributed by atoms with E-state index in [1.165, 1.54) is 6.92 Å². The molecule has 3 rings (SSSR count). The summed E-state index contributed by atoms with van der Waals surface area (Å²) < 4.78 is 6.34. The van der Waals surface area contributed by atoms with Crippen molar-refractivity contribution in [2.45, 2.75) is 45.4 Å². The maximum atomic E-state index is 11.7. The molecule has 0 saturated carbocycles. The van der Waals surface area contributed by atoms with Crippen molar-refractivity contribution in [1.29, 1.82) is 0 Å². The van der Waals surface area contributed by atoms with E-state index >= 15 is 0 Å². The fourth-order valence-corrected chi connectivity index (χ4v) is 3.28. The van der Waals surface area contributed by atoms with Crippen LogP contribution < -0.4 is 5.32 Å². The average Bonchev–Trinajstić information content (AvgIpc) is 3.12. The Morgan fingerprint density at radius 1 is 1.08 bits per heavy atom. The molecule has 0 bridgehead atoms. The molecule has 0 aliphatic carbocycles. The topological polar surface area (TPSA) is 50.7 Å². The third-order valence-corrected chi connectivity index (χ3v) is 4.91. The Morgan fingerprint density at radius 3 is 2.19 bits per heavy atom. The largest absolute Gasteiger partial charge is 0.469 e. The lowest BCUT2D eigenvalue weighted by Crippen LogP contribution is -2.44. The molecule has 1 aliphatic rings. The highest BCUT2D eigenvalue weighted by Crippen LogP contribution is 2.41. The first-order chi connectivity index (χ1) is 12.6. The highest BCUT2D eigenvalue weighted by molar-refractivity contribution is 5.88. The van der Waals surface area contributed by atoms with Gasteiger partial charge < -0.3 is 10.1 Å². The van der Waals surface area contributed by atoms with Gasteiger partial charge in [-0.3, -0.25) is 4.79 Å². The van der Waals surface area contributed by atoms with E-state index in [4.69, 9.17) is 9.73 Å². The van der Waals surface area contributed by atoms with Crippen LogP contribution in [-0.4, -0.2) is 17.8 Å². The summed E-state index contributed by atoms with van der Waals surface area (Å²) in [5, 5.41) is 3.02. The molecule has 1 unspecified atom stereocenters. The summed E-state index contributed by atoms with van der Waals surface area (Å²) in [7, 11) is 0. The van der Waals surface area contributed by atoms with Crippen LogP contribution in [0.2, 0.25) is 0 Å². The van der Waals surface area contributed by atoms with Crippen molar-refractivity contribution in [3.05, 3.63) is 71.8 Å². The van der Waals surface area contributed by atoms with Gasteiger partial charge in [-0.25, -0.2) is 4.99 Å². The van der Waals surface area contributed by atoms with Crippen LogP contribution >= 0.6 is 0 Å². The molecule has 2 aromatic carbocycles. The number of benzene rings is 2. The van der Waals surface area contributed by atoms with E-state index in [9.17, 15) is 4.79 Å². The summed E-state index contributed by atoms with van der Waals surface area (Å²) in [6, 6.07) is 20.0. The summed E-state index contributed by atoms with van der Waals surface area (Å²) in [5.74, 6) is 0.793. The number of nitrogens with one attached hydrogen (secondary N) is 1. The molecule has 4 nitrogen and oxygen atoms in total. The van der Waals surface area contributed by atoms with Gasteiger partial charge >= 0.3 is 0 Å². The van der Waals surface area contributed by atoms with Crippen molar-refractivity contribution >= 4 is 11.8 Å². The summed E-state index contributed by atoms with van der Waals surface area (Å²) in [5.41, 5.74) is 2.20. The summed E-state index contributed by atoms with van der Waals surface area (Å²) >= 11 is 0. The molecule has 0 spiro atoms. The number of aliphatic imine (C=N–C) groups is 1. The molecule has 26 heavy (non-hydrogen) atoms. The van der Waals surface area contributed by atoms with E-state index in [1.54, 1.807) is 0 Å². The normalized spacial score (nSPS) is 21.4. The first kappa shape index (κ1) is 18.2. The number of amides is 1. The van der Waals surface area contributed by atoms with Crippen molar-refractivity contribution in [3.8, 4) is 0 Å². The number of hydrogen-bond donors (Lipinski definition) is 1. The lowest BCUT2D eigenvalue weighted by atomic mass is 9.97. The van der Waals surface area contributed by atoms with E-state index in [2.05, 4.69) is 43.4 Å². The molecule has 136 valence electrons. The minimum absolute atomic E-state index is 0.0685. The Labute approximate surface area is 155 Å². The van der Waals surface area contributed by atoms with Gasteiger partial charge in [0.1, 0.15) is 12.1 Å². The molecule has 4 atom stereocenters. The number of carbonyl (C=O) groups excluding carboxylic acids is 1. The third kappa shape index (κ3) is 3.96.